The zero-order valence-electron chi connectivity index (χ0n) is 18.7. The van der Waals surface area contributed by atoms with Crippen molar-refractivity contribution in [3.63, 3.8) is 0 Å². The number of rotatable bonds is 5. The molecular weight excluding hydrogens is 489 g/mol. The van der Waals surface area contributed by atoms with E-state index in [1.807, 2.05) is 0 Å². The van der Waals surface area contributed by atoms with Crippen LogP contribution in [0.3, 0.4) is 0 Å². The van der Waals surface area contributed by atoms with Crippen LogP contribution in [0.25, 0.3) is 33.6 Å². The number of aromatic nitrogens is 3. The quantitative estimate of drug-likeness (QED) is 0.331. The molecule has 0 unspecified atom stereocenters. The third-order valence-corrected chi connectivity index (χ3v) is 6.05. The van der Waals surface area contributed by atoms with Crippen LogP contribution < -0.4 is 0 Å². The maximum Gasteiger partial charge on any atom is 0.335 e. The molecule has 2 heterocycles. The van der Waals surface area contributed by atoms with E-state index in [2.05, 4.69) is 10.1 Å². The van der Waals surface area contributed by atoms with Gasteiger partial charge in [0.2, 0.25) is 5.89 Å². The summed E-state index contributed by atoms with van der Waals surface area (Å²) in [6.07, 6.45) is 1.39. The Morgan fingerprint density at radius 3 is 2.61 bits per heavy atom. The standard InChI is InChI=1S/C26H17ClFN3O5/c1-13-3-2-4-19(27)22(13)25(33)31-21-10-14(24-29-11-16(12-32)36-24)5-8-18(21)23(30-31)17-7-6-15(26(34)35)9-20(17)28/h2-11,32H,12H2,1H3,(H,34,35). The van der Waals surface area contributed by atoms with Gasteiger partial charge in [0, 0.05) is 16.5 Å². The highest BCUT2D eigenvalue weighted by molar-refractivity contribution is 6.34. The van der Waals surface area contributed by atoms with E-state index in [-0.39, 0.29) is 45.7 Å². The molecule has 0 aliphatic heterocycles. The van der Waals surface area contributed by atoms with E-state index >= 15 is 4.39 Å². The van der Waals surface area contributed by atoms with E-state index < -0.39 is 17.7 Å². The maximum atomic E-state index is 15.0. The molecule has 8 nitrogen and oxygen atoms in total. The third-order valence-electron chi connectivity index (χ3n) is 5.74. The van der Waals surface area contributed by atoms with Crippen molar-refractivity contribution in [2.24, 2.45) is 0 Å². The van der Waals surface area contributed by atoms with E-state index in [0.29, 0.717) is 22.0 Å². The molecule has 2 aromatic heterocycles. The number of hydrogen-bond acceptors (Lipinski definition) is 6. The Morgan fingerprint density at radius 1 is 1.14 bits per heavy atom. The summed E-state index contributed by atoms with van der Waals surface area (Å²) in [7, 11) is 0. The lowest BCUT2D eigenvalue weighted by molar-refractivity contribution is 0.0696. The van der Waals surface area contributed by atoms with Crippen molar-refractivity contribution >= 4 is 34.4 Å². The fourth-order valence-corrected chi connectivity index (χ4v) is 4.27. The highest BCUT2D eigenvalue weighted by atomic mass is 35.5. The van der Waals surface area contributed by atoms with Crippen LogP contribution in [0.1, 0.15) is 32.0 Å². The van der Waals surface area contributed by atoms with Gasteiger partial charge in [-0.05, 0) is 55.0 Å². The van der Waals surface area contributed by atoms with E-state index in [1.54, 1.807) is 43.3 Å². The van der Waals surface area contributed by atoms with Crippen LogP contribution >= 0.6 is 11.6 Å². The zero-order valence-corrected chi connectivity index (χ0v) is 19.5. The Labute approximate surface area is 208 Å². The number of halogens is 2. The lowest BCUT2D eigenvalue weighted by atomic mass is 10.0. The van der Waals surface area contributed by atoms with Crippen molar-refractivity contribution in [2.75, 3.05) is 0 Å². The number of benzene rings is 3. The highest BCUT2D eigenvalue weighted by Crippen LogP contribution is 2.34. The number of aliphatic hydroxyl groups excluding tert-OH is 1. The molecular formula is C26H17ClFN3O5. The molecule has 0 aliphatic carbocycles. The molecule has 0 saturated carbocycles. The molecule has 2 N–H and O–H groups in total. The summed E-state index contributed by atoms with van der Waals surface area (Å²) in [4.78, 5) is 29.0. The summed E-state index contributed by atoms with van der Waals surface area (Å²) in [5, 5.41) is 23.6. The third kappa shape index (κ3) is 3.94. The topological polar surface area (TPSA) is 118 Å². The molecule has 5 rings (SSSR count). The predicted molar refractivity (Wildman–Crippen MR) is 129 cm³/mol. The van der Waals surface area contributed by atoms with E-state index in [1.165, 1.54) is 18.3 Å². The molecule has 0 aliphatic rings. The van der Waals surface area contributed by atoms with Crippen molar-refractivity contribution in [3.8, 4) is 22.7 Å². The first-order chi connectivity index (χ1) is 17.3. The second kappa shape index (κ2) is 9.03. The van der Waals surface area contributed by atoms with Gasteiger partial charge in [0.1, 0.15) is 23.9 Å². The first-order valence-electron chi connectivity index (χ1n) is 10.7. The molecule has 0 fully saturated rings. The number of fused-ring (bicyclic) bond motifs is 1. The van der Waals surface area contributed by atoms with Crippen molar-refractivity contribution in [1.82, 2.24) is 14.8 Å². The maximum absolute atomic E-state index is 15.0. The van der Waals surface area contributed by atoms with Crippen LogP contribution in [0.5, 0.6) is 0 Å². The van der Waals surface area contributed by atoms with Crippen molar-refractivity contribution in [2.45, 2.75) is 13.5 Å². The van der Waals surface area contributed by atoms with Crippen LogP contribution in [0.4, 0.5) is 4.39 Å². The summed E-state index contributed by atoms with van der Waals surface area (Å²) < 4.78 is 21.7. The summed E-state index contributed by atoms with van der Waals surface area (Å²) >= 11 is 6.34. The number of carbonyl (C=O) groups is 2. The molecule has 0 radical (unpaired) electrons. The van der Waals surface area contributed by atoms with Crippen LogP contribution in [-0.4, -0.2) is 36.9 Å². The normalized spacial score (nSPS) is 11.2. The second-order valence-corrected chi connectivity index (χ2v) is 8.43. The number of aryl methyl sites for hydroxylation is 1. The van der Waals surface area contributed by atoms with Gasteiger partial charge in [0.05, 0.1) is 27.9 Å². The first kappa shape index (κ1) is 23.4. The van der Waals surface area contributed by atoms with Crippen LogP contribution in [0.2, 0.25) is 5.02 Å². The highest BCUT2D eigenvalue weighted by Gasteiger charge is 2.24. The lowest BCUT2D eigenvalue weighted by Crippen LogP contribution is -2.15. The van der Waals surface area contributed by atoms with Crippen LogP contribution in [-0.2, 0) is 6.61 Å². The summed E-state index contributed by atoms with van der Waals surface area (Å²) in [5.41, 5.74) is 1.66. The van der Waals surface area contributed by atoms with Crippen LogP contribution in [0, 0.1) is 12.7 Å². The van der Waals surface area contributed by atoms with Gasteiger partial charge < -0.3 is 14.6 Å². The molecule has 36 heavy (non-hydrogen) atoms. The first-order valence-corrected chi connectivity index (χ1v) is 11.1. The number of oxazole rings is 1. The molecule has 0 atom stereocenters. The summed E-state index contributed by atoms with van der Waals surface area (Å²) in [5.74, 6) is -2.11. The lowest BCUT2D eigenvalue weighted by Gasteiger charge is -2.08. The molecule has 0 spiro atoms. The van der Waals surface area contributed by atoms with Crippen molar-refractivity contribution in [3.05, 3.63) is 94.1 Å². The number of nitrogens with zero attached hydrogens (tertiary/aromatic N) is 3. The molecule has 0 saturated heterocycles. The van der Waals surface area contributed by atoms with Gasteiger partial charge in [-0.25, -0.2) is 14.2 Å². The SMILES string of the molecule is Cc1cccc(Cl)c1C(=O)n1nc(-c2ccc(C(=O)O)cc2F)c2ccc(-c3ncc(CO)o3)cc21. The zero-order chi connectivity index (χ0) is 25.6. The average Bonchev–Trinajstić information content (AvgIpc) is 3.48. The van der Waals surface area contributed by atoms with Crippen LogP contribution in [0.15, 0.2) is 65.2 Å². The molecule has 180 valence electrons. The second-order valence-electron chi connectivity index (χ2n) is 8.02. The number of aliphatic hydroxyl groups is 1. The fourth-order valence-electron chi connectivity index (χ4n) is 3.96. The van der Waals surface area contributed by atoms with E-state index in [9.17, 15) is 19.8 Å². The van der Waals surface area contributed by atoms with Gasteiger partial charge in [-0.1, -0.05) is 23.7 Å². The minimum atomic E-state index is -1.27. The minimum Gasteiger partial charge on any atom is -0.478 e. The largest absolute Gasteiger partial charge is 0.478 e. The molecule has 0 amide bonds. The summed E-state index contributed by atoms with van der Waals surface area (Å²) in [6.45, 7) is 1.41. The van der Waals surface area contributed by atoms with E-state index in [0.717, 1.165) is 10.7 Å². The van der Waals surface area contributed by atoms with Gasteiger partial charge in [0.15, 0.2) is 0 Å². The average molecular weight is 506 g/mol. The van der Waals surface area contributed by atoms with Gasteiger partial charge in [0.25, 0.3) is 5.91 Å². The van der Waals surface area contributed by atoms with Crippen molar-refractivity contribution < 1.29 is 28.6 Å². The Kier molecular flexibility index (Phi) is 5.87. The number of carboxylic acids is 1. The van der Waals surface area contributed by atoms with Gasteiger partial charge in [-0.15, -0.1) is 0 Å². The van der Waals surface area contributed by atoms with Crippen molar-refractivity contribution in [1.29, 1.82) is 0 Å². The Balaban J connectivity index is 1.75. The molecule has 5 aromatic rings. The minimum absolute atomic E-state index is 0.0267. The number of carbonyl (C=O) groups excluding carboxylic acids is 1. The molecule has 0 bridgehead atoms. The Hall–Kier alpha value is -4.34. The predicted octanol–water partition coefficient (Wildman–Crippen LogP) is 5.34. The Bertz CT molecular complexity index is 1650. The van der Waals surface area contributed by atoms with Gasteiger partial charge in [-0.3, -0.25) is 4.79 Å². The summed E-state index contributed by atoms with van der Waals surface area (Å²) in [6, 6.07) is 13.5. The molecule has 3 aromatic carbocycles. The molecule has 10 heteroatoms. The number of carboxylic acid groups (broad SMARTS) is 1. The number of hydrogen-bond donors (Lipinski definition) is 2. The fraction of sp³-hybridized carbons (Fsp3) is 0.0769. The smallest absolute Gasteiger partial charge is 0.335 e. The van der Waals surface area contributed by atoms with E-state index in [4.69, 9.17) is 16.0 Å². The Morgan fingerprint density at radius 2 is 1.94 bits per heavy atom. The number of aromatic carboxylic acids is 1. The monoisotopic (exact) mass is 505 g/mol. The van der Waals surface area contributed by atoms with Gasteiger partial charge >= 0.3 is 5.97 Å². The van der Waals surface area contributed by atoms with Gasteiger partial charge in [-0.2, -0.15) is 9.78 Å².